The zero-order valence-electron chi connectivity index (χ0n) is 12.7. The molecule has 1 amide bonds. The lowest BCUT2D eigenvalue weighted by atomic mass is 9.93. The molecule has 1 aromatic rings. The largest absolute Gasteiger partial charge is 0.385 e. The SMILES string of the molecule is COCCC(C)n1nnc(CC(N)=O)c1C1CCOCC1. The molecule has 1 atom stereocenters. The van der Waals surface area contributed by atoms with E-state index in [2.05, 4.69) is 17.2 Å². The van der Waals surface area contributed by atoms with Gasteiger partial charge in [-0.15, -0.1) is 5.10 Å². The van der Waals surface area contributed by atoms with Gasteiger partial charge < -0.3 is 15.2 Å². The number of nitrogens with zero attached hydrogens (tertiary/aromatic N) is 3. The molecular weight excluding hydrogens is 272 g/mol. The summed E-state index contributed by atoms with van der Waals surface area (Å²) in [5.74, 6) is -0.0481. The number of hydrogen-bond acceptors (Lipinski definition) is 5. The van der Waals surface area contributed by atoms with Gasteiger partial charge in [0.15, 0.2) is 0 Å². The second-order valence-electron chi connectivity index (χ2n) is 5.53. The molecule has 1 fully saturated rings. The first-order chi connectivity index (χ1) is 10.1. The molecule has 0 bridgehead atoms. The van der Waals surface area contributed by atoms with Crippen LogP contribution >= 0.6 is 0 Å². The summed E-state index contributed by atoms with van der Waals surface area (Å²) in [4.78, 5) is 11.3. The average Bonchev–Trinajstić information content (AvgIpc) is 2.88. The third kappa shape index (κ3) is 4.01. The van der Waals surface area contributed by atoms with E-state index in [1.165, 1.54) is 0 Å². The summed E-state index contributed by atoms with van der Waals surface area (Å²) in [5.41, 5.74) is 7.08. The molecule has 7 heteroatoms. The first-order valence-electron chi connectivity index (χ1n) is 7.42. The number of rotatable bonds is 7. The predicted octanol–water partition coefficient (Wildman–Crippen LogP) is 0.797. The lowest BCUT2D eigenvalue weighted by molar-refractivity contribution is -0.117. The van der Waals surface area contributed by atoms with Crippen molar-refractivity contribution in [2.24, 2.45) is 5.73 Å². The molecule has 2 N–H and O–H groups in total. The molecule has 1 aliphatic heterocycles. The van der Waals surface area contributed by atoms with Crippen LogP contribution in [0.3, 0.4) is 0 Å². The number of nitrogens with two attached hydrogens (primary N) is 1. The van der Waals surface area contributed by atoms with Gasteiger partial charge in [0.25, 0.3) is 0 Å². The van der Waals surface area contributed by atoms with Crippen LogP contribution in [0.1, 0.15) is 49.5 Å². The molecule has 1 aromatic heterocycles. The van der Waals surface area contributed by atoms with Gasteiger partial charge in [-0.05, 0) is 26.2 Å². The Morgan fingerprint density at radius 1 is 1.52 bits per heavy atom. The van der Waals surface area contributed by atoms with Crippen LogP contribution in [-0.2, 0) is 20.7 Å². The first-order valence-corrected chi connectivity index (χ1v) is 7.42. The monoisotopic (exact) mass is 296 g/mol. The van der Waals surface area contributed by atoms with Crippen molar-refractivity contribution >= 4 is 5.91 Å². The standard InChI is InChI=1S/C14H24N4O3/c1-10(3-6-20-2)18-14(11-4-7-21-8-5-11)12(16-17-18)9-13(15)19/h10-11H,3-9H2,1-2H3,(H2,15,19). The van der Waals surface area contributed by atoms with Gasteiger partial charge in [-0.25, -0.2) is 4.68 Å². The van der Waals surface area contributed by atoms with E-state index >= 15 is 0 Å². The summed E-state index contributed by atoms with van der Waals surface area (Å²) in [6.07, 6.45) is 2.85. The van der Waals surface area contributed by atoms with Crippen molar-refractivity contribution in [3.8, 4) is 0 Å². The summed E-state index contributed by atoms with van der Waals surface area (Å²) in [6.45, 7) is 4.22. The molecule has 1 saturated heterocycles. The van der Waals surface area contributed by atoms with Gasteiger partial charge in [-0.1, -0.05) is 5.21 Å². The van der Waals surface area contributed by atoms with Crippen molar-refractivity contribution in [2.45, 2.75) is 44.6 Å². The first kappa shape index (κ1) is 15.9. The summed E-state index contributed by atoms with van der Waals surface area (Å²) >= 11 is 0. The molecule has 2 heterocycles. The van der Waals surface area contributed by atoms with Crippen LogP contribution in [-0.4, -0.2) is 47.8 Å². The fourth-order valence-corrected chi connectivity index (χ4v) is 2.75. The second kappa shape index (κ2) is 7.51. The van der Waals surface area contributed by atoms with Crippen LogP contribution in [0.15, 0.2) is 0 Å². The van der Waals surface area contributed by atoms with Crippen LogP contribution < -0.4 is 5.73 Å². The highest BCUT2D eigenvalue weighted by Gasteiger charge is 2.27. The summed E-state index contributed by atoms with van der Waals surface area (Å²) in [6, 6.07) is 0.178. The Labute approximate surface area is 124 Å². The maximum Gasteiger partial charge on any atom is 0.223 e. The molecule has 118 valence electrons. The number of hydrogen-bond donors (Lipinski definition) is 1. The smallest absolute Gasteiger partial charge is 0.223 e. The fraction of sp³-hybridized carbons (Fsp3) is 0.786. The van der Waals surface area contributed by atoms with Crippen molar-refractivity contribution in [3.05, 3.63) is 11.4 Å². The highest BCUT2D eigenvalue weighted by atomic mass is 16.5. The second-order valence-corrected chi connectivity index (χ2v) is 5.53. The quantitative estimate of drug-likeness (QED) is 0.803. The van der Waals surface area contributed by atoms with Crippen LogP contribution in [0.2, 0.25) is 0 Å². The molecule has 2 rings (SSSR count). The van der Waals surface area contributed by atoms with E-state index in [0.717, 1.165) is 38.2 Å². The van der Waals surface area contributed by atoms with Crippen molar-refractivity contribution in [1.82, 2.24) is 15.0 Å². The number of carbonyl (C=O) groups excluding carboxylic acids is 1. The van der Waals surface area contributed by atoms with Gasteiger partial charge in [0.2, 0.25) is 5.91 Å². The van der Waals surface area contributed by atoms with Gasteiger partial charge in [-0.2, -0.15) is 0 Å². The van der Waals surface area contributed by atoms with Crippen molar-refractivity contribution < 1.29 is 14.3 Å². The fourth-order valence-electron chi connectivity index (χ4n) is 2.75. The molecule has 1 aliphatic rings. The Balaban J connectivity index is 2.26. The van der Waals surface area contributed by atoms with Gasteiger partial charge in [0.05, 0.1) is 23.9 Å². The molecular formula is C14H24N4O3. The van der Waals surface area contributed by atoms with Crippen LogP contribution in [0.4, 0.5) is 0 Å². The summed E-state index contributed by atoms with van der Waals surface area (Å²) < 4.78 is 12.5. The Morgan fingerprint density at radius 3 is 2.86 bits per heavy atom. The summed E-state index contributed by atoms with van der Waals surface area (Å²) in [5, 5.41) is 8.45. The van der Waals surface area contributed by atoms with E-state index in [1.807, 2.05) is 4.68 Å². The zero-order valence-corrected chi connectivity index (χ0v) is 12.7. The highest BCUT2D eigenvalue weighted by molar-refractivity contribution is 5.76. The van der Waals surface area contributed by atoms with Gasteiger partial charge in [-0.3, -0.25) is 4.79 Å². The normalized spacial score (nSPS) is 17.8. The number of ether oxygens (including phenoxy) is 2. The van der Waals surface area contributed by atoms with Crippen molar-refractivity contribution in [3.63, 3.8) is 0 Å². The molecule has 0 saturated carbocycles. The number of carbonyl (C=O) groups is 1. The number of aromatic nitrogens is 3. The number of amides is 1. The Hall–Kier alpha value is -1.47. The predicted molar refractivity (Wildman–Crippen MR) is 76.9 cm³/mol. The Kier molecular flexibility index (Phi) is 5.69. The van der Waals surface area contributed by atoms with E-state index in [1.54, 1.807) is 7.11 Å². The molecule has 0 aromatic carbocycles. The third-order valence-electron chi connectivity index (χ3n) is 3.91. The highest BCUT2D eigenvalue weighted by Crippen LogP contribution is 2.31. The van der Waals surface area contributed by atoms with Crippen molar-refractivity contribution in [1.29, 1.82) is 0 Å². The number of methoxy groups -OCH3 is 1. The molecule has 0 aliphatic carbocycles. The maximum absolute atomic E-state index is 11.3. The maximum atomic E-state index is 11.3. The minimum Gasteiger partial charge on any atom is -0.385 e. The minimum absolute atomic E-state index is 0.143. The minimum atomic E-state index is -0.375. The van der Waals surface area contributed by atoms with E-state index in [0.29, 0.717) is 18.2 Å². The van der Waals surface area contributed by atoms with Gasteiger partial charge in [0, 0.05) is 32.8 Å². The van der Waals surface area contributed by atoms with E-state index in [9.17, 15) is 4.79 Å². The van der Waals surface area contributed by atoms with E-state index in [4.69, 9.17) is 15.2 Å². The van der Waals surface area contributed by atoms with Gasteiger partial charge >= 0.3 is 0 Å². The lowest BCUT2D eigenvalue weighted by Crippen LogP contribution is -2.22. The van der Waals surface area contributed by atoms with Crippen LogP contribution in [0.25, 0.3) is 0 Å². The van der Waals surface area contributed by atoms with E-state index < -0.39 is 0 Å². The van der Waals surface area contributed by atoms with Gasteiger partial charge in [0.1, 0.15) is 0 Å². The third-order valence-corrected chi connectivity index (χ3v) is 3.91. The number of primary amides is 1. The molecule has 0 spiro atoms. The molecule has 1 unspecified atom stereocenters. The van der Waals surface area contributed by atoms with E-state index in [-0.39, 0.29) is 18.4 Å². The zero-order chi connectivity index (χ0) is 15.2. The van der Waals surface area contributed by atoms with Crippen LogP contribution in [0, 0.1) is 0 Å². The van der Waals surface area contributed by atoms with Crippen LogP contribution in [0.5, 0.6) is 0 Å². The average molecular weight is 296 g/mol. The Morgan fingerprint density at radius 2 is 2.24 bits per heavy atom. The summed E-state index contributed by atoms with van der Waals surface area (Å²) in [7, 11) is 1.69. The molecule has 21 heavy (non-hydrogen) atoms. The molecule has 0 radical (unpaired) electrons. The Bertz CT molecular complexity index is 469. The molecule has 7 nitrogen and oxygen atoms in total. The lowest BCUT2D eigenvalue weighted by Gasteiger charge is -2.25. The topological polar surface area (TPSA) is 92.3 Å². The van der Waals surface area contributed by atoms with Crippen molar-refractivity contribution in [2.75, 3.05) is 26.9 Å².